The van der Waals surface area contributed by atoms with Gasteiger partial charge in [-0.1, -0.05) is 6.07 Å². The first-order valence-corrected chi connectivity index (χ1v) is 10.8. The monoisotopic (exact) mass is 440 g/mol. The van der Waals surface area contributed by atoms with Crippen LogP contribution in [0.25, 0.3) is 22.6 Å². The van der Waals surface area contributed by atoms with Gasteiger partial charge in [-0.05, 0) is 49.5 Å². The molecule has 1 aliphatic carbocycles. The van der Waals surface area contributed by atoms with E-state index in [1.807, 2.05) is 4.90 Å². The summed E-state index contributed by atoms with van der Waals surface area (Å²) in [6, 6.07) is 4.81. The molecule has 0 spiro atoms. The van der Waals surface area contributed by atoms with E-state index in [0.29, 0.717) is 33.6 Å². The molecule has 0 amide bonds. The Balaban J connectivity index is 1.24. The van der Waals surface area contributed by atoms with Crippen molar-refractivity contribution in [3.05, 3.63) is 24.4 Å². The molecule has 0 unspecified atom stereocenters. The second-order valence-electron chi connectivity index (χ2n) is 8.71. The highest BCUT2D eigenvalue weighted by atomic mass is 19.1. The maximum Gasteiger partial charge on any atom is 0.245 e. The van der Waals surface area contributed by atoms with E-state index in [0.717, 1.165) is 32.1 Å². The molecule has 3 aromatic rings. The predicted molar refractivity (Wildman–Crippen MR) is 113 cm³/mol. The van der Waals surface area contributed by atoms with Crippen molar-refractivity contribution in [1.29, 1.82) is 0 Å². The maximum absolute atomic E-state index is 15.2. The van der Waals surface area contributed by atoms with Gasteiger partial charge >= 0.3 is 0 Å². The molecule has 166 valence electrons. The lowest BCUT2D eigenvalue weighted by atomic mass is 9.96. The summed E-state index contributed by atoms with van der Waals surface area (Å²) in [5.41, 5.74) is 1.15. The van der Waals surface area contributed by atoms with Crippen molar-refractivity contribution < 1.29 is 13.6 Å². The van der Waals surface area contributed by atoms with Gasteiger partial charge in [-0.2, -0.15) is 4.80 Å². The largest absolute Gasteiger partial charge is 0.507 e. The predicted octanol–water partition coefficient (Wildman–Crippen LogP) is 1.63. The summed E-state index contributed by atoms with van der Waals surface area (Å²) in [5.74, 6) is 0.362. The third kappa shape index (κ3) is 3.36. The first kappa shape index (κ1) is 16.4. The topological polar surface area (TPSA) is 118 Å². The lowest BCUT2D eigenvalue weighted by Gasteiger charge is -2.40. The van der Waals surface area contributed by atoms with Crippen LogP contribution >= 0.6 is 0 Å². The van der Waals surface area contributed by atoms with Crippen LogP contribution in [-0.4, -0.2) is 70.8 Å². The van der Waals surface area contributed by atoms with Crippen LogP contribution in [-0.2, 0) is 6.98 Å². The van der Waals surface area contributed by atoms with Gasteiger partial charge in [0.2, 0.25) is 11.8 Å². The fourth-order valence-electron chi connectivity index (χ4n) is 4.91. The first-order chi connectivity index (χ1) is 16.8. The molecule has 3 fully saturated rings. The van der Waals surface area contributed by atoms with Gasteiger partial charge in [-0.25, -0.2) is 9.37 Å². The van der Waals surface area contributed by atoms with Crippen molar-refractivity contribution >= 4 is 5.95 Å². The number of aryl methyl sites for hydroxylation is 1. The number of halogens is 1. The summed E-state index contributed by atoms with van der Waals surface area (Å²) < 4.78 is 37.3. The highest BCUT2D eigenvalue weighted by Gasteiger charge is 2.48. The van der Waals surface area contributed by atoms with E-state index in [4.69, 9.17) is 4.11 Å². The van der Waals surface area contributed by atoms with Gasteiger partial charge in [0.05, 0.1) is 19.2 Å². The standard InChI is InChI=1S/C21H24FN9O/c1-30-28-20(26-29-30)11-2-6-14(18(32)8-11)16-10-23-21(27-25-16)31(13-4-5-13)17-9-12-3-7-15(24-12)19(17)22/h2,6,8,10,12-13,15,17,19,24,32H,3-5,7,9H2,1H3/t12-,15-,17-,19+/m0/s1/i1D3. The summed E-state index contributed by atoms with van der Waals surface area (Å²) in [6.07, 6.45) is 5.09. The molecule has 3 aliphatic rings. The van der Waals surface area contributed by atoms with Crippen LogP contribution in [0.3, 0.4) is 0 Å². The zero-order chi connectivity index (χ0) is 24.3. The number of nitrogens with zero attached hydrogens (tertiary/aromatic N) is 8. The SMILES string of the molecule is [2H]C([2H])([2H])n1nnc(-c2ccc(-c3cnc(N(C4CC4)[C@H]4C[C@@H]5CC[C@H](N5)[C@H]4F)nn3)c(O)c2)n1. The smallest absolute Gasteiger partial charge is 0.245 e. The van der Waals surface area contributed by atoms with Crippen molar-refractivity contribution in [3.63, 3.8) is 0 Å². The van der Waals surface area contributed by atoms with E-state index in [-0.39, 0.29) is 29.7 Å². The summed E-state index contributed by atoms with van der Waals surface area (Å²) in [6.45, 7) is -2.54. The molecule has 0 radical (unpaired) electrons. The molecule has 2 saturated heterocycles. The molecule has 1 aromatic carbocycles. The van der Waals surface area contributed by atoms with Crippen LogP contribution in [0.1, 0.15) is 36.2 Å². The summed E-state index contributed by atoms with van der Waals surface area (Å²) >= 11 is 0. The van der Waals surface area contributed by atoms with Gasteiger partial charge in [0.15, 0.2) is 0 Å². The Bertz CT molecular complexity index is 1230. The highest BCUT2D eigenvalue weighted by Crippen LogP contribution is 2.39. The van der Waals surface area contributed by atoms with Crippen LogP contribution < -0.4 is 10.2 Å². The van der Waals surface area contributed by atoms with E-state index < -0.39 is 13.1 Å². The number of aromatic hydroxyl groups is 1. The maximum atomic E-state index is 15.2. The normalized spacial score (nSPS) is 28.7. The lowest BCUT2D eigenvalue weighted by molar-refractivity contribution is 0.171. The minimum Gasteiger partial charge on any atom is -0.507 e. The Morgan fingerprint density at radius 2 is 2.12 bits per heavy atom. The number of benzene rings is 1. The number of piperidine rings is 1. The van der Waals surface area contributed by atoms with Gasteiger partial charge in [0.25, 0.3) is 0 Å². The molecule has 11 heteroatoms. The molecule has 6 rings (SSSR count). The van der Waals surface area contributed by atoms with Crippen molar-refractivity contribution in [1.82, 2.24) is 40.7 Å². The number of rotatable bonds is 5. The van der Waals surface area contributed by atoms with Crippen molar-refractivity contribution in [2.24, 2.45) is 6.98 Å². The molecule has 2 N–H and O–H groups in total. The number of tetrazole rings is 1. The van der Waals surface area contributed by atoms with E-state index >= 15 is 4.39 Å². The number of phenols is 1. The van der Waals surface area contributed by atoms with Crippen LogP contribution in [0.15, 0.2) is 24.4 Å². The van der Waals surface area contributed by atoms with Crippen LogP contribution in [0.2, 0.25) is 0 Å². The summed E-state index contributed by atoms with van der Waals surface area (Å²) in [4.78, 5) is 7.06. The van der Waals surface area contributed by atoms with Crippen molar-refractivity contribution in [2.75, 3.05) is 4.90 Å². The number of nitrogens with one attached hydrogen (secondary N) is 1. The fraction of sp³-hybridized carbons (Fsp3) is 0.524. The van der Waals surface area contributed by atoms with Gasteiger partial charge in [0, 0.05) is 33.4 Å². The van der Waals surface area contributed by atoms with Crippen molar-refractivity contribution in [3.8, 4) is 28.4 Å². The summed E-state index contributed by atoms with van der Waals surface area (Å²) in [7, 11) is 0. The Morgan fingerprint density at radius 3 is 2.84 bits per heavy atom. The van der Waals surface area contributed by atoms with Crippen LogP contribution in [0.4, 0.5) is 10.3 Å². The molecule has 1 saturated carbocycles. The number of phenolic OH excluding ortho intramolecular Hbond substituents is 1. The van der Waals surface area contributed by atoms with E-state index in [2.05, 4.69) is 35.9 Å². The first-order valence-electron chi connectivity index (χ1n) is 12.3. The quantitative estimate of drug-likeness (QED) is 0.610. The van der Waals surface area contributed by atoms with Gasteiger partial charge in [-0.15, -0.1) is 20.4 Å². The number of anilines is 1. The lowest BCUT2D eigenvalue weighted by Crippen LogP contribution is -2.57. The highest BCUT2D eigenvalue weighted by molar-refractivity contribution is 5.71. The zero-order valence-electron chi connectivity index (χ0n) is 20.1. The molecule has 10 nitrogen and oxygen atoms in total. The van der Waals surface area contributed by atoms with E-state index in [1.165, 1.54) is 12.3 Å². The van der Waals surface area contributed by atoms with Gasteiger partial charge in [0.1, 0.15) is 17.6 Å². The third-order valence-corrected chi connectivity index (χ3v) is 6.58. The molecule has 2 bridgehead atoms. The van der Waals surface area contributed by atoms with Crippen LogP contribution in [0.5, 0.6) is 5.75 Å². The average molecular weight is 441 g/mol. The average Bonchev–Trinajstić information content (AvgIpc) is 3.37. The molecular weight excluding hydrogens is 413 g/mol. The molecule has 2 aromatic heterocycles. The van der Waals surface area contributed by atoms with Crippen LogP contribution in [0, 0.1) is 0 Å². The Morgan fingerprint density at radius 1 is 1.22 bits per heavy atom. The Labute approximate surface area is 188 Å². The molecule has 32 heavy (non-hydrogen) atoms. The molecule has 4 heterocycles. The third-order valence-electron chi connectivity index (χ3n) is 6.58. The minimum absolute atomic E-state index is 0.0688. The summed E-state index contributed by atoms with van der Waals surface area (Å²) in [5, 5.41) is 33.7. The minimum atomic E-state index is -2.54. The van der Waals surface area contributed by atoms with Gasteiger partial charge in [-0.3, -0.25) is 0 Å². The number of aromatic nitrogens is 7. The Kier molecular flexibility index (Phi) is 3.82. The van der Waals surface area contributed by atoms with E-state index in [1.54, 1.807) is 12.1 Å². The molecule has 4 atom stereocenters. The Hall–Kier alpha value is -3.21. The fourth-order valence-corrected chi connectivity index (χ4v) is 4.91. The second-order valence-corrected chi connectivity index (χ2v) is 8.71. The number of hydrogen-bond acceptors (Lipinski definition) is 9. The number of hydrogen-bond donors (Lipinski definition) is 2. The molecule has 2 aliphatic heterocycles. The second kappa shape index (κ2) is 7.44. The number of fused-ring (bicyclic) bond motifs is 2. The van der Waals surface area contributed by atoms with Crippen molar-refractivity contribution in [2.45, 2.75) is 62.4 Å². The van der Waals surface area contributed by atoms with Gasteiger partial charge < -0.3 is 15.3 Å². The zero-order valence-corrected chi connectivity index (χ0v) is 17.1. The molecular formula is C21H24FN9O. The number of alkyl halides is 1. The van der Waals surface area contributed by atoms with E-state index in [9.17, 15) is 5.11 Å².